The van der Waals surface area contributed by atoms with Crippen LogP contribution in [0.2, 0.25) is 0 Å². The van der Waals surface area contributed by atoms with E-state index in [1.165, 1.54) is 12.4 Å². The predicted molar refractivity (Wildman–Crippen MR) is 67.8 cm³/mol. The van der Waals surface area contributed by atoms with Crippen LogP contribution in [0, 0.1) is 5.92 Å². The van der Waals surface area contributed by atoms with Gasteiger partial charge in [-0.25, -0.2) is 0 Å². The highest BCUT2D eigenvalue weighted by Gasteiger charge is 2.40. The Morgan fingerprint density at radius 2 is 2.11 bits per heavy atom. The summed E-state index contributed by atoms with van der Waals surface area (Å²) in [6, 6.07) is 1.39. The average molecular weight is 272 g/mol. The fourth-order valence-electron chi connectivity index (χ4n) is 3.11. The molecule has 1 aliphatic rings. The molecule has 19 heavy (non-hydrogen) atoms. The van der Waals surface area contributed by atoms with Crippen molar-refractivity contribution in [3.8, 4) is 0 Å². The van der Waals surface area contributed by atoms with Crippen LogP contribution in [0.1, 0.15) is 43.7 Å². The summed E-state index contributed by atoms with van der Waals surface area (Å²) in [6.45, 7) is 4.89. The van der Waals surface area contributed by atoms with E-state index in [2.05, 4.69) is 10.3 Å². The first kappa shape index (κ1) is 14.3. The number of rotatable bonds is 3. The number of pyridine rings is 1. The first-order valence-corrected chi connectivity index (χ1v) is 6.69. The molecule has 0 radical (unpaired) electrons. The lowest BCUT2D eigenvalue weighted by Gasteiger charge is -2.23. The summed E-state index contributed by atoms with van der Waals surface area (Å²) in [5.74, 6) is 0.139. The Morgan fingerprint density at radius 1 is 1.37 bits per heavy atom. The number of halogens is 3. The van der Waals surface area contributed by atoms with Crippen LogP contribution in [0.3, 0.4) is 0 Å². The van der Waals surface area contributed by atoms with E-state index < -0.39 is 11.7 Å². The van der Waals surface area contributed by atoms with Crippen molar-refractivity contribution in [3.63, 3.8) is 0 Å². The Hall–Kier alpha value is -1.10. The maximum atomic E-state index is 13.0. The number of aromatic nitrogens is 1. The van der Waals surface area contributed by atoms with E-state index in [4.69, 9.17) is 0 Å². The van der Waals surface area contributed by atoms with E-state index in [-0.39, 0.29) is 11.8 Å². The van der Waals surface area contributed by atoms with Gasteiger partial charge in [0.25, 0.3) is 0 Å². The maximum absolute atomic E-state index is 13.0. The number of alkyl halides is 3. The van der Waals surface area contributed by atoms with E-state index >= 15 is 0 Å². The molecule has 0 saturated heterocycles. The van der Waals surface area contributed by atoms with E-state index in [1.54, 1.807) is 0 Å². The molecule has 1 fully saturated rings. The molecule has 1 heterocycles. The fraction of sp³-hybridized carbons (Fsp3) is 0.643. The van der Waals surface area contributed by atoms with Crippen molar-refractivity contribution in [1.29, 1.82) is 0 Å². The van der Waals surface area contributed by atoms with Gasteiger partial charge in [0.1, 0.15) is 0 Å². The fourth-order valence-corrected chi connectivity index (χ4v) is 3.11. The zero-order chi connectivity index (χ0) is 14.0. The smallest absolute Gasteiger partial charge is 0.314 e. The Labute approximate surface area is 111 Å². The van der Waals surface area contributed by atoms with Crippen LogP contribution in [-0.2, 0) is 6.18 Å². The van der Waals surface area contributed by atoms with Gasteiger partial charge >= 0.3 is 6.18 Å². The van der Waals surface area contributed by atoms with Crippen molar-refractivity contribution in [2.75, 3.05) is 6.54 Å². The molecule has 0 spiro atoms. The van der Waals surface area contributed by atoms with Crippen molar-refractivity contribution in [1.82, 2.24) is 10.3 Å². The molecule has 2 nitrogen and oxygen atoms in total. The van der Waals surface area contributed by atoms with Gasteiger partial charge in [0, 0.05) is 18.4 Å². The molecule has 5 heteroatoms. The van der Waals surface area contributed by atoms with Crippen molar-refractivity contribution in [2.45, 2.75) is 44.8 Å². The van der Waals surface area contributed by atoms with Crippen LogP contribution in [-0.4, -0.2) is 17.6 Å². The quantitative estimate of drug-likeness (QED) is 0.909. The molecule has 0 aromatic carbocycles. The molecule has 0 bridgehead atoms. The topological polar surface area (TPSA) is 24.9 Å². The maximum Gasteiger partial charge on any atom is 0.416 e. The Bertz CT molecular complexity index is 431. The third-order valence-corrected chi connectivity index (χ3v) is 4.08. The summed E-state index contributed by atoms with van der Waals surface area (Å²) in [5, 5.41) is 3.35. The zero-order valence-electron chi connectivity index (χ0n) is 11.2. The molecule has 1 aliphatic carbocycles. The van der Waals surface area contributed by atoms with E-state index in [0.29, 0.717) is 11.6 Å². The lowest BCUT2D eigenvalue weighted by Crippen LogP contribution is -2.32. The minimum atomic E-state index is -4.30. The molecule has 1 N–H and O–H groups in total. The number of nitrogens with zero attached hydrogens (tertiary/aromatic N) is 1. The molecule has 106 valence electrons. The van der Waals surface area contributed by atoms with Crippen LogP contribution in [0.15, 0.2) is 18.5 Å². The molecule has 1 aromatic rings. The largest absolute Gasteiger partial charge is 0.416 e. The highest BCUT2D eigenvalue weighted by molar-refractivity contribution is 5.31. The average Bonchev–Trinajstić information content (AvgIpc) is 2.71. The second-order valence-electron chi connectivity index (χ2n) is 5.17. The normalized spacial score (nSPS) is 27.7. The van der Waals surface area contributed by atoms with Gasteiger partial charge in [0.2, 0.25) is 0 Å². The van der Waals surface area contributed by atoms with Crippen LogP contribution in [0.25, 0.3) is 0 Å². The van der Waals surface area contributed by atoms with Crippen molar-refractivity contribution in [3.05, 3.63) is 29.6 Å². The van der Waals surface area contributed by atoms with Crippen LogP contribution >= 0.6 is 0 Å². The first-order chi connectivity index (χ1) is 8.95. The minimum absolute atomic E-state index is 0.0608. The van der Waals surface area contributed by atoms with Crippen LogP contribution < -0.4 is 5.32 Å². The van der Waals surface area contributed by atoms with E-state index in [0.717, 1.165) is 25.5 Å². The molecule has 3 atom stereocenters. The standard InChI is InChI=1S/C14H19F3N2/c1-3-19-13-5-4-10(9(13)2)11-8-18-7-6-12(11)14(15,16)17/h6-10,13,19H,3-5H2,1-2H3. The summed E-state index contributed by atoms with van der Waals surface area (Å²) in [7, 11) is 0. The second kappa shape index (κ2) is 5.49. The molecular formula is C14H19F3N2. The molecule has 3 unspecified atom stereocenters. The highest BCUT2D eigenvalue weighted by atomic mass is 19.4. The van der Waals surface area contributed by atoms with Crippen molar-refractivity contribution in [2.24, 2.45) is 5.92 Å². The molecule has 0 aliphatic heterocycles. The number of nitrogens with one attached hydrogen (secondary N) is 1. The molecule has 1 saturated carbocycles. The monoisotopic (exact) mass is 272 g/mol. The summed E-state index contributed by atoms with van der Waals surface area (Å²) >= 11 is 0. The van der Waals surface area contributed by atoms with E-state index in [9.17, 15) is 13.2 Å². The molecule has 0 amide bonds. The van der Waals surface area contributed by atoms with Crippen molar-refractivity contribution >= 4 is 0 Å². The Balaban J connectivity index is 2.28. The summed E-state index contributed by atoms with van der Waals surface area (Å²) < 4.78 is 39.1. The third-order valence-electron chi connectivity index (χ3n) is 4.08. The van der Waals surface area contributed by atoms with Gasteiger partial charge in [0.05, 0.1) is 5.56 Å². The van der Waals surface area contributed by atoms with Crippen LogP contribution in [0.5, 0.6) is 0 Å². The van der Waals surface area contributed by atoms with Gasteiger partial charge in [-0.1, -0.05) is 13.8 Å². The van der Waals surface area contributed by atoms with Gasteiger partial charge in [-0.15, -0.1) is 0 Å². The third kappa shape index (κ3) is 2.91. The predicted octanol–water partition coefficient (Wildman–Crippen LogP) is 3.59. The van der Waals surface area contributed by atoms with Gasteiger partial charge in [-0.05, 0) is 42.9 Å². The van der Waals surface area contributed by atoms with Gasteiger partial charge in [-0.3, -0.25) is 4.98 Å². The second-order valence-corrected chi connectivity index (χ2v) is 5.17. The Kier molecular flexibility index (Phi) is 4.13. The number of hydrogen-bond donors (Lipinski definition) is 1. The highest BCUT2D eigenvalue weighted by Crippen LogP contribution is 2.44. The first-order valence-electron chi connectivity index (χ1n) is 6.69. The SMILES string of the molecule is CCNC1CCC(c2cnccc2C(F)(F)F)C1C. The molecule has 2 rings (SSSR count). The zero-order valence-corrected chi connectivity index (χ0v) is 11.2. The van der Waals surface area contributed by atoms with E-state index in [1.807, 2.05) is 13.8 Å². The summed E-state index contributed by atoms with van der Waals surface area (Å²) in [5.41, 5.74) is -0.181. The number of hydrogen-bond acceptors (Lipinski definition) is 2. The Morgan fingerprint density at radius 3 is 2.74 bits per heavy atom. The van der Waals surface area contributed by atoms with Gasteiger partial charge in [-0.2, -0.15) is 13.2 Å². The minimum Gasteiger partial charge on any atom is -0.314 e. The van der Waals surface area contributed by atoms with Crippen molar-refractivity contribution < 1.29 is 13.2 Å². The van der Waals surface area contributed by atoms with Gasteiger partial charge < -0.3 is 5.32 Å². The lowest BCUT2D eigenvalue weighted by molar-refractivity contribution is -0.138. The lowest BCUT2D eigenvalue weighted by atomic mass is 9.87. The summed E-state index contributed by atoms with van der Waals surface area (Å²) in [4.78, 5) is 3.89. The molecule has 1 aromatic heterocycles. The van der Waals surface area contributed by atoms with Crippen LogP contribution in [0.4, 0.5) is 13.2 Å². The summed E-state index contributed by atoms with van der Waals surface area (Å²) in [6.07, 6.45) is 0.0137. The van der Waals surface area contributed by atoms with Gasteiger partial charge in [0.15, 0.2) is 0 Å². The molecular weight excluding hydrogens is 253 g/mol.